The van der Waals surface area contributed by atoms with E-state index in [1.54, 1.807) is 7.11 Å². The number of rotatable bonds is 4. The molecule has 1 aromatic rings. The number of nitrogens with zero attached hydrogens (tertiary/aromatic N) is 2. The normalized spacial score (nSPS) is 18.5. The molecule has 0 aliphatic heterocycles. The molecule has 0 atom stereocenters. The van der Waals surface area contributed by atoms with Crippen LogP contribution in [-0.4, -0.2) is 17.1 Å². The molecule has 0 radical (unpaired) electrons. The van der Waals surface area contributed by atoms with E-state index < -0.39 is 0 Å². The molecule has 5 heteroatoms. The van der Waals surface area contributed by atoms with Gasteiger partial charge in [0.25, 0.3) is 0 Å². The van der Waals surface area contributed by atoms with E-state index >= 15 is 0 Å². The molecule has 2 rings (SSSR count). The number of methoxy groups -OCH3 is 1. The van der Waals surface area contributed by atoms with E-state index in [-0.39, 0.29) is 5.60 Å². The zero-order valence-corrected chi connectivity index (χ0v) is 15.3. The second-order valence-electron chi connectivity index (χ2n) is 5.96. The molecular weight excluding hydrogens is 387 g/mol. The Kier molecular flexibility index (Phi) is 5.65. The van der Waals surface area contributed by atoms with Gasteiger partial charge in [-0.2, -0.15) is 0 Å². The molecule has 1 aromatic heterocycles. The molecule has 1 saturated carbocycles. The van der Waals surface area contributed by atoms with E-state index in [9.17, 15) is 0 Å². The predicted octanol–water partition coefficient (Wildman–Crippen LogP) is 4.74. The quantitative estimate of drug-likeness (QED) is 0.533. The molecule has 112 valence electrons. The molecule has 0 N–H and O–H groups in total. The Hall–Kier alpha value is 0.0600. The van der Waals surface area contributed by atoms with Gasteiger partial charge >= 0.3 is 0 Å². The molecule has 0 bridgehead atoms. The van der Waals surface area contributed by atoms with Crippen LogP contribution in [0.3, 0.4) is 0 Å². The van der Waals surface area contributed by atoms with E-state index in [1.807, 2.05) is 0 Å². The summed E-state index contributed by atoms with van der Waals surface area (Å²) in [7, 11) is 1.77. The maximum Gasteiger partial charge on any atom is 0.162 e. The van der Waals surface area contributed by atoms with E-state index in [0.717, 1.165) is 34.4 Å². The molecule has 1 fully saturated rings. The van der Waals surface area contributed by atoms with Crippen LogP contribution in [-0.2, 0) is 16.8 Å². The third-order valence-electron chi connectivity index (χ3n) is 3.94. The van der Waals surface area contributed by atoms with Gasteiger partial charge in [0.2, 0.25) is 0 Å². The average Bonchev–Trinajstić information content (AvgIpc) is 2.44. The molecule has 1 aliphatic rings. The monoisotopic (exact) mass is 408 g/mol. The summed E-state index contributed by atoms with van der Waals surface area (Å²) in [6.07, 6.45) is 6.50. The minimum absolute atomic E-state index is 0.335. The van der Waals surface area contributed by atoms with Gasteiger partial charge in [-0.05, 0) is 47.8 Å². The van der Waals surface area contributed by atoms with Gasteiger partial charge in [-0.3, -0.25) is 0 Å². The van der Waals surface area contributed by atoms with Gasteiger partial charge < -0.3 is 4.74 Å². The minimum Gasteiger partial charge on any atom is -0.370 e. The highest BCUT2D eigenvalue weighted by atomic mass is 127. The lowest BCUT2D eigenvalue weighted by Gasteiger charge is -2.34. The maximum absolute atomic E-state index is 6.33. The summed E-state index contributed by atoms with van der Waals surface area (Å²) < 4.78 is 6.81. The fourth-order valence-electron chi connectivity index (χ4n) is 2.83. The number of ether oxygens (including phenoxy) is 1. The summed E-state index contributed by atoms with van der Waals surface area (Å²) in [6.45, 7) is 4.39. The Morgan fingerprint density at radius 2 is 1.90 bits per heavy atom. The third kappa shape index (κ3) is 3.45. The van der Waals surface area contributed by atoms with Crippen molar-refractivity contribution in [3.8, 4) is 0 Å². The van der Waals surface area contributed by atoms with E-state index in [1.165, 1.54) is 19.3 Å². The fourth-order valence-corrected chi connectivity index (χ4v) is 3.48. The Bertz CT molecular complexity index is 473. The summed E-state index contributed by atoms with van der Waals surface area (Å²) in [5.74, 6) is 1.33. The van der Waals surface area contributed by atoms with Crippen LogP contribution in [0, 0.1) is 9.49 Å². The summed E-state index contributed by atoms with van der Waals surface area (Å²) in [6, 6.07) is 0. The van der Waals surface area contributed by atoms with Gasteiger partial charge in [-0.25, -0.2) is 9.97 Å². The number of hydrogen-bond acceptors (Lipinski definition) is 3. The second kappa shape index (κ2) is 6.88. The molecule has 0 spiro atoms. The van der Waals surface area contributed by atoms with Crippen molar-refractivity contribution in [2.24, 2.45) is 5.92 Å². The van der Waals surface area contributed by atoms with E-state index in [2.05, 4.69) is 41.4 Å². The first kappa shape index (κ1) is 16.4. The largest absolute Gasteiger partial charge is 0.370 e. The molecule has 3 nitrogen and oxygen atoms in total. The van der Waals surface area contributed by atoms with Crippen LogP contribution in [0.25, 0.3) is 0 Å². The molecule has 0 saturated heterocycles. The van der Waals surface area contributed by atoms with Gasteiger partial charge in [-0.1, -0.05) is 44.7 Å². The summed E-state index contributed by atoms with van der Waals surface area (Å²) in [5.41, 5.74) is 0.718. The number of hydrogen-bond donors (Lipinski definition) is 0. The van der Waals surface area contributed by atoms with Crippen molar-refractivity contribution in [2.45, 2.75) is 58.0 Å². The standard InChI is InChI=1S/C15H22ClIN2O/c1-10(2)9-11-12(17)13(16)19-14(18-11)15(20-3)7-5-4-6-8-15/h10H,4-9H2,1-3H3. The Balaban J connectivity index is 2.42. The van der Waals surface area contributed by atoms with Crippen molar-refractivity contribution in [3.05, 3.63) is 20.2 Å². The smallest absolute Gasteiger partial charge is 0.162 e. The highest BCUT2D eigenvalue weighted by molar-refractivity contribution is 14.1. The van der Waals surface area contributed by atoms with Gasteiger partial charge in [0.15, 0.2) is 5.82 Å². The van der Waals surface area contributed by atoms with E-state index in [4.69, 9.17) is 21.3 Å². The Morgan fingerprint density at radius 3 is 2.45 bits per heavy atom. The minimum atomic E-state index is -0.335. The molecule has 0 aromatic carbocycles. The molecule has 0 unspecified atom stereocenters. The van der Waals surface area contributed by atoms with Crippen LogP contribution in [0.5, 0.6) is 0 Å². The van der Waals surface area contributed by atoms with Crippen molar-refractivity contribution in [3.63, 3.8) is 0 Å². The van der Waals surface area contributed by atoms with Crippen LogP contribution < -0.4 is 0 Å². The number of aromatic nitrogens is 2. The third-order valence-corrected chi connectivity index (χ3v) is 5.67. The second-order valence-corrected chi connectivity index (χ2v) is 7.39. The van der Waals surface area contributed by atoms with Crippen molar-refractivity contribution >= 4 is 34.2 Å². The number of halogens is 2. The van der Waals surface area contributed by atoms with Crippen molar-refractivity contribution in [1.29, 1.82) is 0 Å². The summed E-state index contributed by atoms with van der Waals surface area (Å²) in [5, 5.41) is 0.563. The molecule has 1 heterocycles. The first-order chi connectivity index (χ1) is 9.48. The van der Waals surface area contributed by atoms with Gasteiger partial charge in [-0.15, -0.1) is 0 Å². The van der Waals surface area contributed by atoms with Crippen LogP contribution in [0.4, 0.5) is 0 Å². The lowest BCUT2D eigenvalue weighted by Crippen LogP contribution is -2.34. The van der Waals surface area contributed by atoms with Crippen molar-refractivity contribution in [2.75, 3.05) is 7.11 Å². The lowest BCUT2D eigenvalue weighted by molar-refractivity contribution is -0.0516. The van der Waals surface area contributed by atoms with Crippen LogP contribution in [0.2, 0.25) is 5.15 Å². The van der Waals surface area contributed by atoms with Crippen molar-refractivity contribution < 1.29 is 4.74 Å². The average molecular weight is 409 g/mol. The van der Waals surface area contributed by atoms with Crippen LogP contribution >= 0.6 is 34.2 Å². The zero-order chi connectivity index (χ0) is 14.8. The fraction of sp³-hybridized carbons (Fsp3) is 0.733. The predicted molar refractivity (Wildman–Crippen MR) is 90.1 cm³/mol. The van der Waals surface area contributed by atoms with Gasteiger partial charge in [0.05, 0.1) is 9.26 Å². The van der Waals surface area contributed by atoms with Crippen LogP contribution in [0.15, 0.2) is 0 Å². The van der Waals surface area contributed by atoms with Gasteiger partial charge in [0.1, 0.15) is 10.8 Å². The lowest BCUT2D eigenvalue weighted by atomic mass is 9.84. The van der Waals surface area contributed by atoms with E-state index in [0.29, 0.717) is 11.1 Å². The maximum atomic E-state index is 6.33. The topological polar surface area (TPSA) is 35.0 Å². The highest BCUT2D eigenvalue weighted by Crippen LogP contribution is 2.39. The summed E-state index contributed by atoms with van der Waals surface area (Å²) in [4.78, 5) is 9.34. The molecule has 20 heavy (non-hydrogen) atoms. The molecule has 0 amide bonds. The first-order valence-electron chi connectivity index (χ1n) is 7.26. The van der Waals surface area contributed by atoms with Gasteiger partial charge in [0, 0.05) is 7.11 Å². The Morgan fingerprint density at radius 1 is 1.25 bits per heavy atom. The Labute approximate surface area is 140 Å². The molecule has 1 aliphatic carbocycles. The zero-order valence-electron chi connectivity index (χ0n) is 12.4. The van der Waals surface area contributed by atoms with Crippen LogP contribution in [0.1, 0.15) is 57.5 Å². The highest BCUT2D eigenvalue weighted by Gasteiger charge is 2.37. The first-order valence-corrected chi connectivity index (χ1v) is 8.72. The summed E-state index contributed by atoms with van der Waals surface area (Å²) >= 11 is 8.57. The molecular formula is C15H22ClIN2O. The SMILES string of the molecule is COC1(c2nc(Cl)c(I)c(CC(C)C)n2)CCCCC1. The van der Waals surface area contributed by atoms with Crippen molar-refractivity contribution in [1.82, 2.24) is 9.97 Å².